The fraction of sp³-hybridized carbons (Fsp3) is 0.486. The fourth-order valence-electron chi connectivity index (χ4n) is 6.53. The van der Waals surface area contributed by atoms with Gasteiger partial charge in [0.15, 0.2) is 8.32 Å². The van der Waals surface area contributed by atoms with Crippen molar-refractivity contribution in [2.45, 2.75) is 97.9 Å². The second-order valence-corrected chi connectivity index (χ2v) is 18.9. The molecule has 0 amide bonds. The van der Waals surface area contributed by atoms with Gasteiger partial charge in [0.25, 0.3) is 0 Å². The molecule has 1 unspecified atom stereocenters. The maximum atomic E-state index is 11.3. The van der Waals surface area contributed by atoms with E-state index in [0.717, 1.165) is 24.2 Å². The smallest absolute Gasteiger partial charge is 0.192 e. The number of carbonyl (C=O) groups is 1. The Hall–Kier alpha value is -2.89. The molecule has 224 valence electrons. The minimum atomic E-state index is -1.77. The van der Waals surface area contributed by atoms with Crippen LogP contribution in [0.5, 0.6) is 11.5 Å². The van der Waals surface area contributed by atoms with Gasteiger partial charge in [-0.25, -0.2) is 0 Å². The second-order valence-electron chi connectivity index (χ2n) is 14.1. The molecular formula is C37H48O4Si. The number of aryl methyl sites for hydroxylation is 2. The molecule has 42 heavy (non-hydrogen) atoms. The Bertz CT molecular complexity index is 1440. The highest BCUT2D eigenvalue weighted by atomic mass is 28.4. The topological polar surface area (TPSA) is 44.8 Å². The van der Waals surface area contributed by atoms with Crippen LogP contribution in [0, 0.1) is 26.2 Å². The Balaban J connectivity index is 1.26. The first kappa shape index (κ1) is 30.6. The Morgan fingerprint density at radius 2 is 1.64 bits per heavy atom. The maximum Gasteiger partial charge on any atom is 0.192 e. The van der Waals surface area contributed by atoms with Crippen molar-refractivity contribution in [2.75, 3.05) is 13.2 Å². The minimum Gasteiger partial charge on any atom is -0.491 e. The number of ether oxygens (including phenoxy) is 2. The molecule has 0 aliphatic heterocycles. The molecule has 3 aromatic carbocycles. The van der Waals surface area contributed by atoms with Crippen molar-refractivity contribution in [1.82, 2.24) is 0 Å². The zero-order valence-electron chi connectivity index (χ0n) is 26.9. The van der Waals surface area contributed by atoms with Crippen LogP contribution in [-0.4, -0.2) is 27.8 Å². The first-order chi connectivity index (χ1) is 19.8. The number of carbonyl (C=O) groups excluding carboxylic acids is 1. The van der Waals surface area contributed by atoms with E-state index in [9.17, 15) is 4.79 Å². The largest absolute Gasteiger partial charge is 0.491 e. The number of fused-ring (bicyclic) bond motifs is 1. The van der Waals surface area contributed by atoms with E-state index >= 15 is 0 Å². The van der Waals surface area contributed by atoms with E-state index < -0.39 is 8.32 Å². The minimum absolute atomic E-state index is 0.196. The van der Waals surface area contributed by atoms with Gasteiger partial charge in [-0.1, -0.05) is 45.0 Å². The summed E-state index contributed by atoms with van der Waals surface area (Å²) in [6.07, 6.45) is 5.28. The predicted molar refractivity (Wildman–Crippen MR) is 174 cm³/mol. The first-order valence-electron chi connectivity index (χ1n) is 15.5. The molecule has 0 radical (unpaired) electrons. The average molecular weight is 585 g/mol. The SMILES string of the molecule is Cc1cc(OCCO[Si](C)(C)C(C)(C)C)cc(C)c1-c1cccc(COc2ccc3c(c2)CC2(CC2)C3CC=O)c1C. The lowest BCUT2D eigenvalue weighted by Gasteiger charge is -2.36. The third kappa shape index (κ3) is 6.09. The van der Waals surface area contributed by atoms with Crippen LogP contribution in [0.3, 0.4) is 0 Å². The zero-order valence-corrected chi connectivity index (χ0v) is 27.9. The van der Waals surface area contributed by atoms with E-state index in [1.165, 1.54) is 57.3 Å². The van der Waals surface area contributed by atoms with Crippen LogP contribution in [0.4, 0.5) is 0 Å². The van der Waals surface area contributed by atoms with Crippen LogP contribution in [-0.2, 0) is 22.2 Å². The lowest BCUT2D eigenvalue weighted by molar-refractivity contribution is -0.108. The monoisotopic (exact) mass is 584 g/mol. The molecular weight excluding hydrogens is 536 g/mol. The molecule has 0 N–H and O–H groups in total. The summed E-state index contributed by atoms with van der Waals surface area (Å²) in [4.78, 5) is 11.3. The third-order valence-corrected chi connectivity index (χ3v) is 14.8. The quantitative estimate of drug-likeness (QED) is 0.128. The second kappa shape index (κ2) is 11.7. The Morgan fingerprint density at radius 1 is 0.929 bits per heavy atom. The Labute approximate surface area is 253 Å². The molecule has 1 atom stereocenters. The van der Waals surface area contributed by atoms with Gasteiger partial charge in [-0.3, -0.25) is 0 Å². The van der Waals surface area contributed by atoms with Gasteiger partial charge in [0, 0.05) is 6.42 Å². The molecule has 0 heterocycles. The summed E-state index contributed by atoms with van der Waals surface area (Å²) in [6, 6.07) is 17.3. The van der Waals surface area contributed by atoms with Crippen LogP contribution in [0.2, 0.25) is 18.1 Å². The molecule has 2 aliphatic rings. The van der Waals surface area contributed by atoms with Crippen molar-refractivity contribution in [3.63, 3.8) is 0 Å². The van der Waals surface area contributed by atoms with Gasteiger partial charge in [0.05, 0.1) is 6.61 Å². The first-order valence-corrected chi connectivity index (χ1v) is 18.4. The summed E-state index contributed by atoms with van der Waals surface area (Å²) in [5.74, 6) is 2.19. The number of aldehydes is 1. The Morgan fingerprint density at radius 3 is 2.29 bits per heavy atom. The van der Waals surface area contributed by atoms with E-state index in [2.05, 4.69) is 103 Å². The normalized spacial score (nSPS) is 17.3. The number of hydrogen-bond acceptors (Lipinski definition) is 4. The van der Waals surface area contributed by atoms with Gasteiger partial charge in [0.1, 0.15) is 31.0 Å². The summed E-state index contributed by atoms with van der Waals surface area (Å²) >= 11 is 0. The summed E-state index contributed by atoms with van der Waals surface area (Å²) < 4.78 is 18.8. The van der Waals surface area contributed by atoms with Gasteiger partial charge in [-0.05, 0) is 138 Å². The highest BCUT2D eigenvalue weighted by Gasteiger charge is 2.53. The molecule has 1 spiro atoms. The van der Waals surface area contributed by atoms with Crippen molar-refractivity contribution >= 4 is 14.6 Å². The third-order valence-electron chi connectivity index (χ3n) is 10.2. The highest BCUT2D eigenvalue weighted by molar-refractivity contribution is 6.74. The predicted octanol–water partition coefficient (Wildman–Crippen LogP) is 9.27. The highest BCUT2D eigenvalue weighted by Crippen LogP contribution is 2.64. The van der Waals surface area contributed by atoms with Crippen LogP contribution < -0.4 is 9.47 Å². The molecule has 0 saturated heterocycles. The zero-order chi connectivity index (χ0) is 30.3. The van der Waals surface area contributed by atoms with Crippen molar-refractivity contribution in [3.05, 3.63) is 81.9 Å². The van der Waals surface area contributed by atoms with Crippen molar-refractivity contribution in [1.29, 1.82) is 0 Å². The van der Waals surface area contributed by atoms with Gasteiger partial charge in [-0.15, -0.1) is 0 Å². The van der Waals surface area contributed by atoms with Gasteiger partial charge < -0.3 is 18.7 Å². The van der Waals surface area contributed by atoms with Gasteiger partial charge >= 0.3 is 0 Å². The molecule has 0 bridgehead atoms. The van der Waals surface area contributed by atoms with E-state index in [1.54, 1.807) is 0 Å². The molecule has 4 nitrogen and oxygen atoms in total. The molecule has 1 fully saturated rings. The lowest BCUT2D eigenvalue weighted by atomic mass is 9.87. The number of benzene rings is 3. The van der Waals surface area contributed by atoms with Crippen LogP contribution in [0.15, 0.2) is 48.5 Å². The standard InChI is InChI=1S/C37H48O4Si/c1-25-20-31(39-18-19-41-42(7,8)36(4,5)6)21-26(2)35(25)32-11-9-10-28(27(32)3)24-40-30-12-13-33-29(22-30)23-37(15-16-37)34(33)14-17-38/h9-13,17,20-22,34H,14-16,18-19,23-24H2,1-8H3. The maximum absolute atomic E-state index is 11.3. The molecule has 2 aliphatic carbocycles. The molecule has 1 saturated carbocycles. The van der Waals surface area contributed by atoms with E-state index in [-0.39, 0.29) is 5.04 Å². The van der Waals surface area contributed by atoms with E-state index in [1.807, 2.05) is 0 Å². The van der Waals surface area contributed by atoms with Crippen LogP contribution in [0.25, 0.3) is 11.1 Å². The summed E-state index contributed by atoms with van der Waals surface area (Å²) in [5, 5.41) is 0.196. The lowest BCUT2D eigenvalue weighted by Crippen LogP contribution is -2.41. The van der Waals surface area contributed by atoms with E-state index in [4.69, 9.17) is 13.9 Å². The van der Waals surface area contributed by atoms with E-state index in [0.29, 0.717) is 37.6 Å². The summed E-state index contributed by atoms with van der Waals surface area (Å²) in [6.45, 7) is 19.5. The van der Waals surface area contributed by atoms with Crippen LogP contribution >= 0.6 is 0 Å². The molecule has 3 aromatic rings. The summed E-state index contributed by atoms with van der Waals surface area (Å²) in [7, 11) is -1.77. The Kier molecular flexibility index (Phi) is 8.48. The van der Waals surface area contributed by atoms with Crippen molar-refractivity contribution in [2.24, 2.45) is 5.41 Å². The number of rotatable bonds is 11. The molecule has 5 rings (SSSR count). The molecule has 0 aromatic heterocycles. The summed E-state index contributed by atoms with van der Waals surface area (Å²) in [5.41, 5.74) is 10.4. The average Bonchev–Trinajstić information content (AvgIpc) is 3.62. The fourth-order valence-corrected chi connectivity index (χ4v) is 7.56. The van der Waals surface area contributed by atoms with Gasteiger partial charge in [-0.2, -0.15) is 0 Å². The van der Waals surface area contributed by atoms with Crippen molar-refractivity contribution in [3.8, 4) is 22.6 Å². The van der Waals surface area contributed by atoms with Crippen LogP contribution in [0.1, 0.15) is 79.3 Å². The number of hydrogen-bond donors (Lipinski definition) is 0. The van der Waals surface area contributed by atoms with Crippen molar-refractivity contribution < 1.29 is 18.7 Å². The molecule has 5 heteroatoms. The van der Waals surface area contributed by atoms with Gasteiger partial charge in [0.2, 0.25) is 0 Å².